The van der Waals surface area contributed by atoms with Crippen LogP contribution in [-0.4, -0.2) is 42.0 Å². The van der Waals surface area contributed by atoms with Crippen LogP contribution in [0.25, 0.3) is 0 Å². The molecule has 0 bridgehead atoms. The molecule has 1 unspecified atom stereocenters. The fourth-order valence-electron chi connectivity index (χ4n) is 3.77. The molecule has 8 nitrogen and oxygen atoms in total. The lowest BCUT2D eigenvalue weighted by Gasteiger charge is -2.31. The lowest BCUT2D eigenvalue weighted by molar-refractivity contribution is -0.159. The molecule has 1 fully saturated rings. The third-order valence-electron chi connectivity index (χ3n) is 5.60. The molecule has 0 radical (unpaired) electrons. The molecule has 0 saturated carbocycles. The molecule has 1 atom stereocenters. The fraction of sp³-hybridized carbons (Fsp3) is 0.280. The predicted octanol–water partition coefficient (Wildman–Crippen LogP) is 3.62. The van der Waals surface area contributed by atoms with Crippen molar-refractivity contribution >= 4 is 23.5 Å². The molecule has 1 aromatic heterocycles. The van der Waals surface area contributed by atoms with Crippen LogP contribution in [0, 0.1) is 5.92 Å². The Bertz CT molecular complexity index is 1050. The summed E-state index contributed by atoms with van der Waals surface area (Å²) in [6, 6.07) is 17.8. The van der Waals surface area contributed by atoms with Crippen molar-refractivity contribution in [3.63, 3.8) is 0 Å². The summed E-state index contributed by atoms with van der Waals surface area (Å²) in [7, 11) is 1.58. The van der Waals surface area contributed by atoms with Crippen LogP contribution in [0.4, 0.5) is 11.6 Å². The molecule has 33 heavy (non-hydrogen) atoms. The molecular weight excluding hydrogens is 420 g/mol. The maximum Gasteiger partial charge on any atom is 0.310 e. The highest BCUT2D eigenvalue weighted by molar-refractivity contribution is 5.96. The second-order valence-corrected chi connectivity index (χ2v) is 7.76. The van der Waals surface area contributed by atoms with Crippen molar-refractivity contribution < 1.29 is 19.1 Å². The van der Waals surface area contributed by atoms with Crippen LogP contribution < -0.4 is 15.0 Å². The molecule has 170 valence electrons. The number of anilines is 2. The average molecular weight is 447 g/mol. The molecule has 2 heterocycles. The molecule has 0 spiro atoms. The van der Waals surface area contributed by atoms with E-state index in [-0.39, 0.29) is 11.9 Å². The molecule has 1 N–H and O–H groups in total. The van der Waals surface area contributed by atoms with E-state index in [0.29, 0.717) is 48.9 Å². The molecular formula is C25H26N4O4. The van der Waals surface area contributed by atoms with Gasteiger partial charge in [0.05, 0.1) is 13.0 Å². The first-order chi connectivity index (χ1) is 16.1. The normalized spacial score (nSPS) is 14.9. The summed E-state index contributed by atoms with van der Waals surface area (Å²) in [5.74, 6) is 0.277. The van der Waals surface area contributed by atoms with E-state index in [1.54, 1.807) is 62.0 Å². The summed E-state index contributed by atoms with van der Waals surface area (Å²) in [6.07, 6.45) is 3.58. The Morgan fingerprint density at radius 2 is 1.64 bits per heavy atom. The second-order valence-electron chi connectivity index (χ2n) is 7.76. The van der Waals surface area contributed by atoms with Crippen molar-refractivity contribution in [1.82, 2.24) is 9.97 Å². The highest BCUT2D eigenvalue weighted by Crippen LogP contribution is 2.26. The number of methoxy groups -OCH3 is 1. The van der Waals surface area contributed by atoms with E-state index < -0.39 is 12.0 Å². The number of amides is 1. The number of carbonyl (C=O) groups excluding carboxylic acids is 2. The molecule has 1 aliphatic rings. The van der Waals surface area contributed by atoms with Gasteiger partial charge in [-0.2, -0.15) is 0 Å². The minimum atomic E-state index is -1.05. The van der Waals surface area contributed by atoms with Gasteiger partial charge in [0.1, 0.15) is 5.75 Å². The molecule has 4 rings (SSSR count). The predicted molar refractivity (Wildman–Crippen MR) is 124 cm³/mol. The Hall–Kier alpha value is -3.94. The van der Waals surface area contributed by atoms with Gasteiger partial charge in [0.2, 0.25) is 12.1 Å². The number of nitrogens with zero attached hydrogens (tertiary/aromatic N) is 3. The number of piperidine rings is 1. The molecule has 3 aromatic rings. The Morgan fingerprint density at radius 3 is 2.27 bits per heavy atom. The van der Waals surface area contributed by atoms with Gasteiger partial charge >= 0.3 is 5.97 Å². The number of carbonyl (C=O) groups is 2. The van der Waals surface area contributed by atoms with Gasteiger partial charge in [-0.05, 0) is 43.2 Å². The SMILES string of the molecule is COc1ccc(NC(=O)C(OC(=O)C2CCN(c3ncccn3)CC2)c2ccccc2)cc1. The smallest absolute Gasteiger partial charge is 0.310 e. The Balaban J connectivity index is 1.42. The topological polar surface area (TPSA) is 93.6 Å². The summed E-state index contributed by atoms with van der Waals surface area (Å²) < 4.78 is 10.9. The van der Waals surface area contributed by atoms with E-state index in [0.717, 1.165) is 0 Å². The van der Waals surface area contributed by atoms with Gasteiger partial charge in [-0.3, -0.25) is 9.59 Å². The zero-order valence-corrected chi connectivity index (χ0v) is 18.4. The van der Waals surface area contributed by atoms with Crippen LogP contribution in [0.5, 0.6) is 5.75 Å². The minimum absolute atomic E-state index is 0.287. The summed E-state index contributed by atoms with van der Waals surface area (Å²) in [4.78, 5) is 36.7. The number of aromatic nitrogens is 2. The van der Waals surface area contributed by atoms with E-state index in [1.807, 2.05) is 18.2 Å². The number of hydrogen-bond donors (Lipinski definition) is 1. The van der Waals surface area contributed by atoms with E-state index in [4.69, 9.17) is 9.47 Å². The zero-order chi connectivity index (χ0) is 23.0. The van der Waals surface area contributed by atoms with E-state index in [9.17, 15) is 9.59 Å². The summed E-state index contributed by atoms with van der Waals surface area (Å²) in [6.45, 7) is 1.30. The standard InChI is InChI=1S/C25H26N4O4/c1-32-21-10-8-20(9-11-21)28-23(30)22(18-6-3-2-4-7-18)33-24(31)19-12-16-29(17-13-19)25-26-14-5-15-27-25/h2-11,14-15,19,22H,12-13,16-17H2,1H3,(H,28,30). The molecule has 1 aliphatic heterocycles. The van der Waals surface area contributed by atoms with Crippen molar-refractivity contribution in [3.8, 4) is 5.75 Å². The Morgan fingerprint density at radius 1 is 0.970 bits per heavy atom. The highest BCUT2D eigenvalue weighted by Gasteiger charge is 2.32. The zero-order valence-electron chi connectivity index (χ0n) is 18.4. The second kappa shape index (κ2) is 10.6. The minimum Gasteiger partial charge on any atom is -0.497 e. The summed E-state index contributed by atoms with van der Waals surface area (Å²) in [5, 5.41) is 2.83. The van der Waals surface area contributed by atoms with E-state index in [1.165, 1.54) is 0 Å². The van der Waals surface area contributed by atoms with Gasteiger partial charge in [0.15, 0.2) is 0 Å². The van der Waals surface area contributed by atoms with Crippen LogP contribution in [0.15, 0.2) is 73.1 Å². The largest absolute Gasteiger partial charge is 0.497 e. The lowest BCUT2D eigenvalue weighted by atomic mass is 9.97. The van der Waals surface area contributed by atoms with Crippen molar-refractivity contribution in [1.29, 1.82) is 0 Å². The van der Waals surface area contributed by atoms with Crippen molar-refractivity contribution in [2.45, 2.75) is 18.9 Å². The number of esters is 1. The number of rotatable bonds is 7. The monoisotopic (exact) mass is 446 g/mol. The number of ether oxygens (including phenoxy) is 2. The maximum atomic E-state index is 13.1. The average Bonchev–Trinajstić information content (AvgIpc) is 2.88. The fourth-order valence-corrected chi connectivity index (χ4v) is 3.77. The Labute approximate surface area is 192 Å². The first-order valence-corrected chi connectivity index (χ1v) is 10.9. The van der Waals surface area contributed by atoms with Gasteiger partial charge in [-0.15, -0.1) is 0 Å². The molecule has 8 heteroatoms. The van der Waals surface area contributed by atoms with Crippen molar-refractivity contribution in [2.24, 2.45) is 5.92 Å². The quantitative estimate of drug-likeness (QED) is 0.554. The van der Waals surface area contributed by atoms with Gasteiger partial charge in [-0.1, -0.05) is 30.3 Å². The van der Waals surface area contributed by atoms with Gasteiger partial charge < -0.3 is 19.7 Å². The van der Waals surface area contributed by atoms with E-state index in [2.05, 4.69) is 20.2 Å². The number of nitrogens with one attached hydrogen (secondary N) is 1. The van der Waals surface area contributed by atoms with Crippen LogP contribution in [0.2, 0.25) is 0 Å². The van der Waals surface area contributed by atoms with Gasteiger partial charge in [-0.25, -0.2) is 9.97 Å². The third kappa shape index (κ3) is 5.65. The summed E-state index contributed by atoms with van der Waals surface area (Å²) in [5.41, 5.74) is 1.21. The van der Waals surface area contributed by atoms with Crippen LogP contribution in [0.3, 0.4) is 0 Å². The Kier molecular flexibility index (Phi) is 7.14. The molecule has 1 saturated heterocycles. The first-order valence-electron chi connectivity index (χ1n) is 10.9. The maximum absolute atomic E-state index is 13.1. The highest BCUT2D eigenvalue weighted by atomic mass is 16.5. The molecule has 2 aromatic carbocycles. The number of benzene rings is 2. The van der Waals surface area contributed by atoms with Crippen LogP contribution in [0.1, 0.15) is 24.5 Å². The summed E-state index contributed by atoms with van der Waals surface area (Å²) >= 11 is 0. The first kappa shape index (κ1) is 22.3. The van der Waals surface area contributed by atoms with Crippen molar-refractivity contribution in [2.75, 3.05) is 30.4 Å². The lowest BCUT2D eigenvalue weighted by Crippen LogP contribution is -2.38. The van der Waals surface area contributed by atoms with Crippen LogP contribution >= 0.6 is 0 Å². The molecule has 1 amide bonds. The molecule has 0 aliphatic carbocycles. The number of hydrogen-bond acceptors (Lipinski definition) is 7. The van der Waals surface area contributed by atoms with E-state index >= 15 is 0 Å². The van der Waals surface area contributed by atoms with Gasteiger partial charge in [0, 0.05) is 36.7 Å². The van der Waals surface area contributed by atoms with Crippen molar-refractivity contribution in [3.05, 3.63) is 78.6 Å². The third-order valence-corrected chi connectivity index (χ3v) is 5.60. The van der Waals surface area contributed by atoms with Crippen LogP contribution in [-0.2, 0) is 14.3 Å². The van der Waals surface area contributed by atoms with Gasteiger partial charge in [0.25, 0.3) is 5.91 Å².